The largest absolute Gasteiger partial charge is 0.450 e. The fraction of sp³-hybridized carbons (Fsp3) is 0.120. The fourth-order valence-electron chi connectivity index (χ4n) is 4.17. The number of hydrogen-bond acceptors (Lipinski definition) is 4. The lowest BCUT2D eigenvalue weighted by Crippen LogP contribution is -2.33. The molecule has 0 bridgehead atoms. The lowest BCUT2D eigenvalue weighted by atomic mass is 9.98. The summed E-state index contributed by atoms with van der Waals surface area (Å²) in [5, 5.41) is 12.0. The van der Waals surface area contributed by atoms with Crippen molar-refractivity contribution in [1.29, 1.82) is 0 Å². The Balaban J connectivity index is 1.69. The van der Waals surface area contributed by atoms with Crippen LogP contribution in [0.5, 0.6) is 0 Å². The molecule has 32 heavy (non-hydrogen) atoms. The molecule has 0 saturated carbocycles. The molecule has 0 spiro atoms. The summed E-state index contributed by atoms with van der Waals surface area (Å²) in [6.07, 6.45) is -0.949. The molecule has 5 nitrogen and oxygen atoms in total. The summed E-state index contributed by atoms with van der Waals surface area (Å²) in [6.45, 7) is -0.0270. The van der Waals surface area contributed by atoms with E-state index in [0.29, 0.717) is 26.6 Å². The van der Waals surface area contributed by atoms with E-state index in [2.05, 4.69) is 0 Å². The van der Waals surface area contributed by atoms with Crippen LogP contribution in [0.25, 0.3) is 11.0 Å². The van der Waals surface area contributed by atoms with Gasteiger partial charge in [0.15, 0.2) is 5.43 Å². The lowest BCUT2D eigenvalue weighted by molar-refractivity contribution is 0.0583. The number of β-amino-alcohol motifs (C(OH)–C–C–N with tert-alkyl or cyclic N) is 1. The third-order valence-electron chi connectivity index (χ3n) is 5.65. The number of rotatable bonds is 4. The molecule has 1 aliphatic heterocycles. The first-order chi connectivity index (χ1) is 15.4. The topological polar surface area (TPSA) is 70.8 Å². The number of amides is 1. The Labute approximate surface area is 193 Å². The van der Waals surface area contributed by atoms with E-state index in [0.717, 1.165) is 0 Å². The number of nitrogens with zero attached hydrogens (tertiary/aromatic N) is 1. The van der Waals surface area contributed by atoms with E-state index < -0.39 is 18.1 Å². The SMILES string of the molecule is O=C1c2oc3ccc(Cl)cc3c(=O)c2[C@H](c2cccc(Cl)c2)N1C[C@@H](O)c1ccccc1. The maximum absolute atomic E-state index is 13.5. The Kier molecular flexibility index (Phi) is 5.25. The van der Waals surface area contributed by atoms with Crippen molar-refractivity contribution in [3.8, 4) is 0 Å². The number of fused-ring (bicyclic) bond motifs is 2. The maximum Gasteiger partial charge on any atom is 0.291 e. The Morgan fingerprint density at radius 2 is 1.69 bits per heavy atom. The van der Waals surface area contributed by atoms with Gasteiger partial charge in [-0.3, -0.25) is 9.59 Å². The molecule has 3 aromatic carbocycles. The minimum Gasteiger partial charge on any atom is -0.450 e. The molecule has 4 aromatic rings. The van der Waals surface area contributed by atoms with Crippen molar-refractivity contribution in [2.45, 2.75) is 12.1 Å². The summed E-state index contributed by atoms with van der Waals surface area (Å²) in [6, 6.07) is 20.0. The highest BCUT2D eigenvalue weighted by atomic mass is 35.5. The molecule has 160 valence electrons. The number of hydrogen-bond donors (Lipinski definition) is 1. The average Bonchev–Trinajstić information content (AvgIpc) is 3.07. The number of aliphatic hydroxyl groups is 1. The van der Waals surface area contributed by atoms with Gasteiger partial charge in [-0.1, -0.05) is 65.7 Å². The Bertz CT molecular complexity index is 1400. The molecule has 1 amide bonds. The van der Waals surface area contributed by atoms with Gasteiger partial charge in [0.1, 0.15) is 5.58 Å². The molecule has 1 aromatic heterocycles. The van der Waals surface area contributed by atoms with E-state index in [9.17, 15) is 14.7 Å². The van der Waals surface area contributed by atoms with Crippen molar-refractivity contribution in [1.82, 2.24) is 4.90 Å². The molecule has 0 aliphatic carbocycles. The molecule has 1 N–H and O–H groups in total. The highest BCUT2D eigenvalue weighted by molar-refractivity contribution is 6.31. The highest BCUT2D eigenvalue weighted by Gasteiger charge is 2.43. The fourth-order valence-corrected chi connectivity index (χ4v) is 4.54. The Morgan fingerprint density at radius 1 is 0.938 bits per heavy atom. The van der Waals surface area contributed by atoms with Gasteiger partial charge < -0.3 is 14.4 Å². The van der Waals surface area contributed by atoms with Crippen LogP contribution in [0.4, 0.5) is 0 Å². The zero-order chi connectivity index (χ0) is 22.4. The van der Waals surface area contributed by atoms with Crippen molar-refractivity contribution >= 4 is 40.1 Å². The van der Waals surface area contributed by atoms with Gasteiger partial charge >= 0.3 is 0 Å². The van der Waals surface area contributed by atoms with Crippen LogP contribution >= 0.6 is 23.2 Å². The molecule has 1 aliphatic rings. The summed E-state index contributed by atoms with van der Waals surface area (Å²) in [5.41, 5.74) is 1.48. The van der Waals surface area contributed by atoms with Crippen LogP contribution in [-0.2, 0) is 0 Å². The van der Waals surface area contributed by atoms with Crippen LogP contribution in [0.3, 0.4) is 0 Å². The molecule has 2 heterocycles. The van der Waals surface area contributed by atoms with Crippen LogP contribution in [0.2, 0.25) is 10.0 Å². The van der Waals surface area contributed by atoms with Crippen molar-refractivity contribution in [2.24, 2.45) is 0 Å². The maximum atomic E-state index is 13.5. The summed E-state index contributed by atoms with van der Waals surface area (Å²) >= 11 is 12.3. The van der Waals surface area contributed by atoms with Crippen LogP contribution in [0, 0.1) is 0 Å². The molecule has 0 radical (unpaired) electrons. The average molecular weight is 466 g/mol. The van der Waals surface area contributed by atoms with E-state index in [1.54, 1.807) is 48.5 Å². The monoisotopic (exact) mass is 465 g/mol. The molecule has 0 unspecified atom stereocenters. The van der Waals surface area contributed by atoms with E-state index in [1.807, 2.05) is 18.2 Å². The van der Waals surface area contributed by atoms with Gasteiger partial charge in [-0.15, -0.1) is 0 Å². The second kappa shape index (κ2) is 8.10. The van der Waals surface area contributed by atoms with E-state index in [1.165, 1.54) is 11.0 Å². The van der Waals surface area contributed by atoms with Gasteiger partial charge in [0.25, 0.3) is 5.91 Å². The standard InChI is InChI=1S/C25H17Cl2NO4/c26-16-8-4-7-15(11-16)22-21-23(30)18-12-17(27)9-10-20(18)32-24(21)25(31)28(22)13-19(29)14-5-2-1-3-6-14/h1-12,19,22,29H,13H2/t19-,22+/m1/s1. The van der Waals surface area contributed by atoms with Gasteiger partial charge in [-0.25, -0.2) is 0 Å². The van der Waals surface area contributed by atoms with Gasteiger partial charge in [0, 0.05) is 10.0 Å². The Morgan fingerprint density at radius 3 is 2.44 bits per heavy atom. The molecule has 0 fully saturated rings. The minimum atomic E-state index is -0.949. The van der Waals surface area contributed by atoms with Crippen LogP contribution in [0.1, 0.15) is 39.4 Å². The summed E-state index contributed by atoms with van der Waals surface area (Å²) < 4.78 is 5.89. The van der Waals surface area contributed by atoms with Gasteiger partial charge in [-0.05, 0) is 41.5 Å². The number of aliphatic hydroxyl groups excluding tert-OH is 1. The second-order valence-electron chi connectivity index (χ2n) is 7.66. The predicted molar refractivity (Wildman–Crippen MR) is 123 cm³/mol. The molecule has 5 rings (SSSR count). The zero-order valence-electron chi connectivity index (χ0n) is 16.7. The van der Waals surface area contributed by atoms with Crippen molar-refractivity contribution in [3.63, 3.8) is 0 Å². The first-order valence-electron chi connectivity index (χ1n) is 10.00. The normalized spacial score (nSPS) is 16.4. The summed E-state index contributed by atoms with van der Waals surface area (Å²) in [7, 11) is 0. The first kappa shape index (κ1) is 20.8. The number of carbonyl (C=O) groups excluding carboxylic acids is 1. The third-order valence-corrected chi connectivity index (χ3v) is 6.12. The highest BCUT2D eigenvalue weighted by Crippen LogP contribution is 2.40. The third kappa shape index (κ3) is 3.48. The summed E-state index contributed by atoms with van der Waals surface area (Å²) in [5.74, 6) is -0.496. The Hall–Kier alpha value is -3.12. The molecule has 0 saturated heterocycles. The quantitative estimate of drug-likeness (QED) is 0.439. The first-order valence-corrected chi connectivity index (χ1v) is 10.8. The minimum absolute atomic E-state index is 0.0270. The van der Waals surface area contributed by atoms with E-state index in [4.69, 9.17) is 27.6 Å². The zero-order valence-corrected chi connectivity index (χ0v) is 18.2. The molecular formula is C25H17Cl2NO4. The van der Waals surface area contributed by atoms with Crippen molar-refractivity contribution in [3.05, 3.63) is 116 Å². The lowest BCUT2D eigenvalue weighted by Gasteiger charge is -2.27. The van der Waals surface area contributed by atoms with Gasteiger partial charge in [0.2, 0.25) is 5.76 Å². The van der Waals surface area contributed by atoms with Gasteiger partial charge in [0.05, 0.1) is 29.6 Å². The van der Waals surface area contributed by atoms with Crippen LogP contribution in [0.15, 0.2) is 82.0 Å². The van der Waals surface area contributed by atoms with Crippen molar-refractivity contribution in [2.75, 3.05) is 6.54 Å². The number of halogens is 2. The van der Waals surface area contributed by atoms with Crippen LogP contribution in [-0.4, -0.2) is 22.5 Å². The van der Waals surface area contributed by atoms with E-state index in [-0.39, 0.29) is 28.9 Å². The van der Waals surface area contributed by atoms with E-state index >= 15 is 0 Å². The van der Waals surface area contributed by atoms with Crippen molar-refractivity contribution < 1.29 is 14.3 Å². The number of carbonyl (C=O) groups is 1. The number of benzene rings is 3. The molecule has 7 heteroatoms. The summed E-state index contributed by atoms with van der Waals surface area (Å²) in [4.78, 5) is 28.4. The predicted octanol–water partition coefficient (Wildman–Crippen LogP) is 5.38. The molecule has 2 atom stereocenters. The smallest absolute Gasteiger partial charge is 0.291 e. The second-order valence-corrected chi connectivity index (χ2v) is 8.53. The van der Waals surface area contributed by atoms with Gasteiger partial charge in [-0.2, -0.15) is 0 Å². The van der Waals surface area contributed by atoms with Crippen LogP contribution < -0.4 is 5.43 Å². The molecular weight excluding hydrogens is 449 g/mol.